The maximum Gasteiger partial charge on any atom is 0.0639 e. The molecule has 0 saturated heterocycles. The van der Waals surface area contributed by atoms with Crippen LogP contribution >= 0.6 is 0 Å². The van der Waals surface area contributed by atoms with Crippen molar-refractivity contribution in [1.82, 2.24) is 4.98 Å². The van der Waals surface area contributed by atoms with E-state index < -0.39 is 0 Å². The van der Waals surface area contributed by atoms with Gasteiger partial charge in [0, 0.05) is 12.6 Å². The summed E-state index contributed by atoms with van der Waals surface area (Å²) in [4.78, 5) is 4.55. The van der Waals surface area contributed by atoms with Crippen molar-refractivity contribution in [2.24, 2.45) is 11.5 Å². The molecule has 0 amide bonds. The molecule has 0 saturated carbocycles. The van der Waals surface area contributed by atoms with Crippen molar-refractivity contribution in [3.05, 3.63) is 23.5 Å². The number of pyridine rings is 1. The summed E-state index contributed by atoms with van der Waals surface area (Å²) < 4.78 is 0. The molecule has 1 aromatic rings. The fourth-order valence-electron chi connectivity index (χ4n) is 1.86. The van der Waals surface area contributed by atoms with Crippen LogP contribution in [0.25, 0.3) is 0 Å². The Kier molecular flexibility index (Phi) is 2.88. The molecule has 0 radical (unpaired) electrons. The average Bonchev–Trinajstić information content (AvgIpc) is 2.27. The predicted octanol–water partition coefficient (Wildman–Crippen LogP) is 0.787. The van der Waals surface area contributed by atoms with Gasteiger partial charge in [-0.1, -0.05) is 0 Å². The van der Waals surface area contributed by atoms with Gasteiger partial charge in [0.2, 0.25) is 0 Å². The van der Waals surface area contributed by atoms with Gasteiger partial charge in [-0.3, -0.25) is 4.98 Å². The SMILES string of the molecule is CC1CCc2nc(C(N)CN)ccc2N1. The molecule has 2 heterocycles. The molecule has 2 rings (SSSR count). The molecular formula is C11H18N4. The van der Waals surface area contributed by atoms with E-state index in [1.165, 1.54) is 0 Å². The molecular weight excluding hydrogens is 188 g/mol. The molecule has 15 heavy (non-hydrogen) atoms. The van der Waals surface area contributed by atoms with E-state index in [2.05, 4.69) is 23.3 Å². The second-order valence-electron chi connectivity index (χ2n) is 4.16. The van der Waals surface area contributed by atoms with Crippen LogP contribution in [0.3, 0.4) is 0 Å². The fraction of sp³-hybridized carbons (Fsp3) is 0.545. The highest BCUT2D eigenvalue weighted by Gasteiger charge is 2.16. The van der Waals surface area contributed by atoms with E-state index in [1.54, 1.807) is 0 Å². The number of fused-ring (bicyclic) bond motifs is 1. The highest BCUT2D eigenvalue weighted by Crippen LogP contribution is 2.24. The molecule has 1 aliphatic heterocycles. The van der Waals surface area contributed by atoms with E-state index in [4.69, 9.17) is 11.5 Å². The Hall–Kier alpha value is -1.13. The number of anilines is 1. The standard InChI is InChI=1S/C11H18N4/c1-7-2-3-11-10(14-7)5-4-9(15-11)8(13)6-12/h4-5,7-8,14H,2-3,6,12-13H2,1H3. The third-order valence-corrected chi connectivity index (χ3v) is 2.85. The van der Waals surface area contributed by atoms with Crippen molar-refractivity contribution in [1.29, 1.82) is 0 Å². The molecule has 0 spiro atoms. The van der Waals surface area contributed by atoms with Gasteiger partial charge in [0.25, 0.3) is 0 Å². The Morgan fingerprint density at radius 1 is 1.60 bits per heavy atom. The van der Waals surface area contributed by atoms with Crippen molar-refractivity contribution >= 4 is 5.69 Å². The summed E-state index contributed by atoms with van der Waals surface area (Å²) in [6.45, 7) is 2.62. The first-order chi connectivity index (χ1) is 7.20. The molecule has 0 aromatic carbocycles. The highest BCUT2D eigenvalue weighted by atomic mass is 15.0. The van der Waals surface area contributed by atoms with E-state index in [9.17, 15) is 0 Å². The van der Waals surface area contributed by atoms with E-state index in [0.717, 1.165) is 29.9 Å². The van der Waals surface area contributed by atoms with Crippen molar-refractivity contribution in [2.75, 3.05) is 11.9 Å². The summed E-state index contributed by atoms with van der Waals surface area (Å²) in [7, 11) is 0. The summed E-state index contributed by atoms with van der Waals surface area (Å²) >= 11 is 0. The van der Waals surface area contributed by atoms with Crippen LogP contribution in [0.5, 0.6) is 0 Å². The Morgan fingerprint density at radius 2 is 2.40 bits per heavy atom. The normalized spacial score (nSPS) is 21.7. The topological polar surface area (TPSA) is 77.0 Å². The zero-order valence-corrected chi connectivity index (χ0v) is 9.03. The number of aromatic nitrogens is 1. The zero-order chi connectivity index (χ0) is 10.8. The van der Waals surface area contributed by atoms with E-state index in [-0.39, 0.29) is 6.04 Å². The minimum absolute atomic E-state index is 0.144. The molecule has 5 N–H and O–H groups in total. The Labute approximate surface area is 90.1 Å². The fourth-order valence-corrected chi connectivity index (χ4v) is 1.86. The van der Waals surface area contributed by atoms with Gasteiger partial charge in [-0.25, -0.2) is 0 Å². The molecule has 1 aromatic heterocycles. The molecule has 2 unspecified atom stereocenters. The Morgan fingerprint density at radius 3 is 3.13 bits per heavy atom. The van der Waals surface area contributed by atoms with Gasteiger partial charge in [-0.15, -0.1) is 0 Å². The number of nitrogens with zero attached hydrogens (tertiary/aromatic N) is 1. The monoisotopic (exact) mass is 206 g/mol. The van der Waals surface area contributed by atoms with Gasteiger partial charge in [-0.05, 0) is 31.9 Å². The van der Waals surface area contributed by atoms with Crippen LogP contribution in [0.1, 0.15) is 30.8 Å². The van der Waals surface area contributed by atoms with Gasteiger partial charge < -0.3 is 16.8 Å². The quantitative estimate of drug-likeness (QED) is 0.668. The molecule has 4 heteroatoms. The Balaban J connectivity index is 2.26. The second kappa shape index (κ2) is 4.16. The number of nitrogens with one attached hydrogen (secondary N) is 1. The Bertz CT molecular complexity index is 350. The average molecular weight is 206 g/mol. The lowest BCUT2D eigenvalue weighted by Crippen LogP contribution is -2.25. The van der Waals surface area contributed by atoms with Crippen LogP contribution in [0.15, 0.2) is 12.1 Å². The minimum Gasteiger partial charge on any atom is -0.381 e. The van der Waals surface area contributed by atoms with Crippen LogP contribution in [0, 0.1) is 0 Å². The van der Waals surface area contributed by atoms with E-state index >= 15 is 0 Å². The third kappa shape index (κ3) is 2.11. The van der Waals surface area contributed by atoms with Crippen molar-refractivity contribution < 1.29 is 0 Å². The summed E-state index contributed by atoms with van der Waals surface area (Å²) in [5.74, 6) is 0. The summed E-state index contributed by atoms with van der Waals surface area (Å²) in [5.41, 5.74) is 14.5. The van der Waals surface area contributed by atoms with Gasteiger partial charge >= 0.3 is 0 Å². The summed E-state index contributed by atoms with van der Waals surface area (Å²) in [5, 5.41) is 3.41. The molecule has 0 aliphatic carbocycles. The van der Waals surface area contributed by atoms with Crippen LogP contribution in [-0.4, -0.2) is 17.6 Å². The zero-order valence-electron chi connectivity index (χ0n) is 9.03. The highest BCUT2D eigenvalue weighted by molar-refractivity contribution is 5.51. The number of aryl methyl sites for hydroxylation is 1. The van der Waals surface area contributed by atoms with Crippen LogP contribution < -0.4 is 16.8 Å². The lowest BCUT2D eigenvalue weighted by atomic mass is 10.0. The first-order valence-electron chi connectivity index (χ1n) is 5.42. The second-order valence-corrected chi connectivity index (χ2v) is 4.16. The van der Waals surface area contributed by atoms with Crippen molar-refractivity contribution in [3.63, 3.8) is 0 Å². The molecule has 82 valence electrons. The number of nitrogens with two attached hydrogens (primary N) is 2. The minimum atomic E-state index is -0.144. The van der Waals surface area contributed by atoms with Crippen molar-refractivity contribution in [2.45, 2.75) is 31.8 Å². The van der Waals surface area contributed by atoms with Gasteiger partial charge in [0.05, 0.1) is 23.1 Å². The van der Waals surface area contributed by atoms with Gasteiger partial charge in [-0.2, -0.15) is 0 Å². The van der Waals surface area contributed by atoms with E-state index in [0.29, 0.717) is 12.6 Å². The number of hydrogen-bond donors (Lipinski definition) is 3. The summed E-state index contributed by atoms with van der Waals surface area (Å²) in [6, 6.07) is 4.41. The predicted molar refractivity (Wildman–Crippen MR) is 61.6 cm³/mol. The molecule has 2 atom stereocenters. The number of hydrogen-bond acceptors (Lipinski definition) is 4. The van der Waals surface area contributed by atoms with E-state index in [1.807, 2.05) is 6.07 Å². The van der Waals surface area contributed by atoms with Gasteiger partial charge in [0.1, 0.15) is 0 Å². The van der Waals surface area contributed by atoms with Crippen LogP contribution in [0.4, 0.5) is 5.69 Å². The maximum atomic E-state index is 5.85. The lowest BCUT2D eigenvalue weighted by Gasteiger charge is -2.24. The smallest absolute Gasteiger partial charge is 0.0639 e. The summed E-state index contributed by atoms with van der Waals surface area (Å²) in [6.07, 6.45) is 2.15. The molecule has 0 bridgehead atoms. The largest absolute Gasteiger partial charge is 0.381 e. The van der Waals surface area contributed by atoms with Gasteiger partial charge in [0.15, 0.2) is 0 Å². The first-order valence-corrected chi connectivity index (χ1v) is 5.42. The van der Waals surface area contributed by atoms with Crippen molar-refractivity contribution in [3.8, 4) is 0 Å². The van der Waals surface area contributed by atoms with Crippen LogP contribution in [0.2, 0.25) is 0 Å². The lowest BCUT2D eigenvalue weighted by molar-refractivity contribution is 0.650. The molecule has 4 nitrogen and oxygen atoms in total. The first kappa shape index (κ1) is 10.4. The van der Waals surface area contributed by atoms with Crippen LogP contribution in [-0.2, 0) is 6.42 Å². The molecule has 1 aliphatic rings. The molecule has 0 fully saturated rings. The number of rotatable bonds is 2. The maximum absolute atomic E-state index is 5.85. The third-order valence-electron chi connectivity index (χ3n) is 2.85.